The monoisotopic (exact) mass is 1820 g/mol. The van der Waals surface area contributed by atoms with Crippen LogP contribution in [0.4, 0.5) is 13.2 Å². The van der Waals surface area contributed by atoms with Crippen LogP contribution in [0.5, 0.6) is 29.4 Å². The minimum Gasteiger partial charge on any atom is -0.478 e. The number of hydrogen-bond acceptors (Lipinski definition) is 20. The predicted molar refractivity (Wildman–Crippen MR) is 473 cm³/mol. The number of aromatic nitrogens is 15. The maximum absolute atomic E-state index is 13.3. The molecule has 0 saturated heterocycles. The van der Waals surface area contributed by atoms with Crippen LogP contribution in [-0.4, -0.2) is 129 Å². The summed E-state index contributed by atoms with van der Waals surface area (Å²) in [6.07, 6.45) is 25.0. The molecular formula is C96H86Cl2F3N15O15. The van der Waals surface area contributed by atoms with Crippen LogP contribution in [0, 0.1) is 35.2 Å². The van der Waals surface area contributed by atoms with Gasteiger partial charge in [-0.3, -0.25) is 0 Å². The second-order valence-electron chi connectivity index (χ2n) is 30.6. The Labute approximate surface area is 757 Å². The molecule has 30 nitrogen and oxygen atoms in total. The van der Waals surface area contributed by atoms with Gasteiger partial charge < -0.3 is 49.2 Å². The van der Waals surface area contributed by atoms with Crippen molar-refractivity contribution in [3.05, 3.63) is 357 Å². The lowest BCUT2D eigenvalue weighted by Gasteiger charge is -2.20. The quantitative estimate of drug-likeness (QED) is 0.0255. The van der Waals surface area contributed by atoms with Gasteiger partial charge in [-0.25, -0.2) is 62.1 Å². The van der Waals surface area contributed by atoms with Crippen molar-refractivity contribution in [2.45, 2.75) is 115 Å². The van der Waals surface area contributed by atoms with E-state index < -0.39 is 29.8 Å². The second kappa shape index (κ2) is 43.4. The summed E-state index contributed by atoms with van der Waals surface area (Å²) in [7, 11) is 0. The van der Waals surface area contributed by atoms with E-state index in [0.717, 1.165) is 53.5 Å². The van der Waals surface area contributed by atoms with E-state index in [1.165, 1.54) is 190 Å². The zero-order chi connectivity index (χ0) is 92.0. The smallest absolute Gasteiger partial charge is 0.335 e. The fourth-order valence-electron chi connectivity index (χ4n) is 13.7. The lowest BCUT2D eigenvalue weighted by molar-refractivity contribution is 0.0686. The molecule has 670 valence electrons. The van der Waals surface area contributed by atoms with E-state index in [9.17, 15) is 52.5 Å². The van der Waals surface area contributed by atoms with Crippen molar-refractivity contribution < 1.29 is 86.4 Å². The molecule has 35 heteroatoms. The van der Waals surface area contributed by atoms with E-state index in [1.54, 1.807) is 97.7 Å². The molecule has 5 N–H and O–H groups in total. The Morgan fingerprint density at radius 2 is 0.489 bits per heavy atom. The van der Waals surface area contributed by atoms with Crippen molar-refractivity contribution in [3.63, 3.8) is 0 Å². The average Bonchev–Trinajstić information content (AvgIpc) is 1.61. The van der Waals surface area contributed by atoms with Crippen molar-refractivity contribution in [1.29, 1.82) is 0 Å². The van der Waals surface area contributed by atoms with Crippen LogP contribution in [0.3, 0.4) is 0 Å². The summed E-state index contributed by atoms with van der Waals surface area (Å²) < 4.78 is 77.8. The molecular weight excluding hydrogens is 1730 g/mol. The summed E-state index contributed by atoms with van der Waals surface area (Å²) in [5.41, 5.74) is 5.29. The summed E-state index contributed by atoms with van der Waals surface area (Å²) in [6.45, 7) is 3.97. The van der Waals surface area contributed by atoms with Gasteiger partial charge in [0.25, 0.3) is 0 Å². The molecule has 18 rings (SSSR count). The summed E-state index contributed by atoms with van der Waals surface area (Å²) in [6, 6.07) is 56.8. The van der Waals surface area contributed by atoms with E-state index in [1.807, 2.05) is 62.4 Å². The number of nitrogens with zero attached hydrogens (tertiary/aromatic N) is 15. The highest BCUT2D eigenvalue weighted by Gasteiger charge is 2.33. The SMILES string of the molecule is CC[C@H](Oc1ccnn1-c1cc(C(=O)O)ccn1)c1ccc(Cl)cc1.CC[C@H](Oc1ccnn1-c1cc(C(=O)O)ccn1)c1ccc(F)cc1.O=C(O)c1ccnc(-n2nccc2O[C@@H](CC2CC2)c2ccc(F)cc2)c1.O=C(O)c1ccnc(-n2nccc2O[C@H](CC2CC2)c2ccc(Cl)cc2)c1.O=C(O)c1ccnc(-n2nccc2O[C@H](CC2CC2)c2ccc(F)cc2)c1. The minimum atomic E-state index is -1.05. The molecule has 3 aliphatic rings. The van der Waals surface area contributed by atoms with E-state index in [4.69, 9.17) is 57.1 Å². The average molecular weight is 1820 g/mol. The third-order valence-corrected chi connectivity index (χ3v) is 21.6. The first-order valence-corrected chi connectivity index (χ1v) is 42.5. The topological polar surface area (TPSA) is 386 Å². The normalized spacial score (nSPS) is 13.6. The first-order valence-electron chi connectivity index (χ1n) is 41.8. The fraction of sp³-hybridized carbons (Fsp3) is 0.219. The van der Waals surface area contributed by atoms with Crippen molar-refractivity contribution >= 4 is 53.0 Å². The maximum atomic E-state index is 13.3. The summed E-state index contributed by atoms with van der Waals surface area (Å²) in [5, 5.41) is 68.2. The number of aromatic carboxylic acids is 5. The van der Waals surface area contributed by atoms with Gasteiger partial charge in [0.2, 0.25) is 29.4 Å². The molecule has 0 unspecified atom stereocenters. The van der Waals surface area contributed by atoms with Gasteiger partial charge in [0.1, 0.15) is 48.0 Å². The van der Waals surface area contributed by atoms with Crippen molar-refractivity contribution in [2.24, 2.45) is 17.8 Å². The molecule has 10 aromatic heterocycles. The zero-order valence-electron chi connectivity index (χ0n) is 70.3. The number of rotatable bonds is 33. The molecule has 3 fully saturated rings. The number of halogens is 5. The Bertz CT molecular complexity index is 5870. The van der Waals surface area contributed by atoms with Gasteiger partial charge in [0.15, 0.2) is 29.1 Å². The Kier molecular flexibility index (Phi) is 30.4. The van der Waals surface area contributed by atoms with Gasteiger partial charge >= 0.3 is 29.8 Å². The fourth-order valence-corrected chi connectivity index (χ4v) is 14.0. The van der Waals surface area contributed by atoms with Gasteiger partial charge in [-0.15, -0.1) is 0 Å². The molecule has 0 aliphatic heterocycles. The lowest BCUT2D eigenvalue weighted by atomic mass is 10.0. The van der Waals surface area contributed by atoms with Gasteiger partial charge in [0, 0.05) is 71.4 Å². The maximum Gasteiger partial charge on any atom is 0.335 e. The van der Waals surface area contributed by atoms with E-state index in [0.29, 0.717) is 92.7 Å². The molecule has 131 heavy (non-hydrogen) atoms. The minimum absolute atomic E-state index is 0.108. The zero-order valence-corrected chi connectivity index (χ0v) is 71.8. The molecule has 5 atom stereocenters. The van der Waals surface area contributed by atoms with Crippen molar-refractivity contribution in [2.75, 3.05) is 0 Å². The van der Waals surface area contributed by atoms with Crippen LogP contribution in [0.2, 0.25) is 10.0 Å². The Morgan fingerprint density at radius 3 is 0.679 bits per heavy atom. The van der Waals surface area contributed by atoms with Crippen LogP contribution in [0.15, 0.2) is 274 Å². The van der Waals surface area contributed by atoms with Crippen LogP contribution < -0.4 is 23.7 Å². The van der Waals surface area contributed by atoms with Crippen LogP contribution in [0.1, 0.15) is 195 Å². The molecule has 10 heterocycles. The van der Waals surface area contributed by atoms with Crippen molar-refractivity contribution in [3.8, 4) is 58.5 Å². The molecule has 15 aromatic rings. The molecule has 0 spiro atoms. The summed E-state index contributed by atoms with van der Waals surface area (Å²) in [5.74, 6) is 0.0132. The van der Waals surface area contributed by atoms with Crippen molar-refractivity contribution in [1.82, 2.24) is 73.8 Å². The predicted octanol–water partition coefficient (Wildman–Crippen LogP) is 20.4. The second-order valence-corrected chi connectivity index (χ2v) is 31.5. The third-order valence-electron chi connectivity index (χ3n) is 21.1. The van der Waals surface area contributed by atoms with Crippen LogP contribution in [0.25, 0.3) is 29.1 Å². The summed E-state index contributed by atoms with van der Waals surface area (Å²) >= 11 is 11.9. The van der Waals surface area contributed by atoms with Crippen LogP contribution >= 0.6 is 23.2 Å². The molecule has 3 saturated carbocycles. The molecule has 0 bridgehead atoms. The molecule has 3 aliphatic carbocycles. The first-order chi connectivity index (χ1) is 63.5. The number of carboxylic acids is 5. The molecule has 5 aromatic carbocycles. The number of hydrogen-bond donors (Lipinski definition) is 5. The van der Waals surface area contributed by atoms with Gasteiger partial charge in [0.05, 0.1) is 58.8 Å². The number of ether oxygens (including phenoxy) is 5. The highest BCUT2D eigenvalue weighted by Crippen LogP contribution is 2.43. The standard InChI is InChI=1S/C20H18ClN3O3.2C20H18FN3O3.C18H16ClN3O3.C18H16FN3O3/c3*21-16-5-3-14(4-6-16)17(11-13-1-2-13)27-19-8-10-23-24(19)18-12-15(20(25)26)7-9-22-18;2*1-2-15(12-3-5-14(19)6-4-12)25-17-8-10-21-22(17)16-11-13(18(23)24)7-9-20-16/h3*3-10,12-13,17H,1-2,11H2,(H,25,26);2*3-11,15H,2H2,1H3,(H,23,24)/t3*17-;2*15-/m11000/s1. The van der Waals surface area contributed by atoms with Gasteiger partial charge in [-0.1, -0.05) is 136 Å². The number of pyridine rings is 5. The lowest BCUT2D eigenvalue weighted by Crippen LogP contribution is -2.12. The Morgan fingerprint density at radius 1 is 0.298 bits per heavy atom. The number of carboxylic acid groups (broad SMARTS) is 5. The van der Waals surface area contributed by atoms with Gasteiger partial charge in [-0.2, -0.15) is 48.9 Å². The number of carbonyl (C=O) groups is 5. The summed E-state index contributed by atoms with van der Waals surface area (Å²) in [4.78, 5) is 76.9. The third kappa shape index (κ3) is 25.3. The van der Waals surface area contributed by atoms with Crippen LogP contribution in [-0.2, 0) is 0 Å². The first kappa shape index (κ1) is 91.8. The highest BCUT2D eigenvalue weighted by molar-refractivity contribution is 6.30. The Balaban J connectivity index is 0.000000132. The van der Waals surface area contributed by atoms with E-state index in [-0.39, 0.29) is 75.8 Å². The molecule has 0 radical (unpaired) electrons. The molecule has 0 amide bonds. The Hall–Kier alpha value is -15.4. The largest absolute Gasteiger partial charge is 0.478 e. The van der Waals surface area contributed by atoms with Gasteiger partial charge in [-0.05, 0) is 199 Å². The van der Waals surface area contributed by atoms with E-state index >= 15 is 0 Å². The highest BCUT2D eigenvalue weighted by atomic mass is 35.5. The number of benzene rings is 5. The van der Waals surface area contributed by atoms with E-state index in [2.05, 4.69) is 50.4 Å².